The van der Waals surface area contributed by atoms with Crippen molar-refractivity contribution in [3.63, 3.8) is 0 Å². The van der Waals surface area contributed by atoms with Crippen molar-refractivity contribution < 1.29 is 19.1 Å². The summed E-state index contributed by atoms with van der Waals surface area (Å²) in [5.41, 5.74) is 3.28. The molecule has 8 nitrogen and oxygen atoms in total. The number of nitrogens with zero attached hydrogens (tertiary/aromatic N) is 4. The number of hydrogen-bond donors (Lipinski definition) is 0. The van der Waals surface area contributed by atoms with E-state index in [1.54, 1.807) is 16.7 Å². The Balaban J connectivity index is 1.68. The second-order valence-corrected chi connectivity index (χ2v) is 8.34. The maximum absolute atomic E-state index is 12.8. The van der Waals surface area contributed by atoms with Gasteiger partial charge in [-0.1, -0.05) is 6.07 Å². The second kappa shape index (κ2) is 8.10. The highest BCUT2D eigenvalue weighted by atomic mass is 16.6. The van der Waals surface area contributed by atoms with Crippen LogP contribution in [0.4, 0.5) is 16.2 Å². The number of carbonyl (C=O) groups is 2. The van der Waals surface area contributed by atoms with E-state index in [9.17, 15) is 9.59 Å². The first-order valence-corrected chi connectivity index (χ1v) is 10.4. The molecule has 1 aromatic carbocycles. The Morgan fingerprint density at radius 3 is 2.63 bits per heavy atom. The molecular weight excluding hydrogens is 384 g/mol. The fraction of sp³-hybridized carbons (Fsp3) is 0.500. The van der Waals surface area contributed by atoms with Crippen LogP contribution in [0.2, 0.25) is 0 Å². The molecule has 1 atom stereocenters. The molecule has 3 heterocycles. The van der Waals surface area contributed by atoms with Gasteiger partial charge in [-0.25, -0.2) is 4.79 Å². The third-order valence-corrected chi connectivity index (χ3v) is 5.43. The third-order valence-electron chi connectivity index (χ3n) is 5.43. The molecule has 1 fully saturated rings. The van der Waals surface area contributed by atoms with E-state index in [2.05, 4.69) is 5.10 Å². The van der Waals surface area contributed by atoms with Crippen LogP contribution in [0, 0.1) is 5.92 Å². The summed E-state index contributed by atoms with van der Waals surface area (Å²) in [5, 5.41) is 4.47. The van der Waals surface area contributed by atoms with Crippen LogP contribution in [0.1, 0.15) is 27.7 Å². The molecule has 0 unspecified atom stereocenters. The fourth-order valence-corrected chi connectivity index (χ4v) is 3.99. The molecule has 0 saturated carbocycles. The Morgan fingerprint density at radius 2 is 2.00 bits per heavy atom. The standard InChI is InChI=1S/C22H28N4O4/c1-14(2)30-22(28)25-9-15(3)26(16(4)27)20-6-5-18(7-21(20)25)19-8-23-24(11-19)10-17-12-29-13-17/h5-8,11,14-15,17H,9-10,12-13H2,1-4H3/t15-/m0/s1. The summed E-state index contributed by atoms with van der Waals surface area (Å²) in [4.78, 5) is 28.4. The minimum absolute atomic E-state index is 0.0519. The van der Waals surface area contributed by atoms with Gasteiger partial charge in [0.15, 0.2) is 0 Å². The molecule has 0 aliphatic carbocycles. The highest BCUT2D eigenvalue weighted by Gasteiger charge is 2.35. The van der Waals surface area contributed by atoms with Crippen LogP contribution in [0.3, 0.4) is 0 Å². The van der Waals surface area contributed by atoms with Crippen molar-refractivity contribution >= 4 is 23.4 Å². The van der Waals surface area contributed by atoms with E-state index in [1.165, 1.54) is 0 Å². The van der Waals surface area contributed by atoms with Crippen molar-refractivity contribution in [1.29, 1.82) is 0 Å². The zero-order chi connectivity index (χ0) is 21.4. The lowest BCUT2D eigenvalue weighted by atomic mass is 10.0. The summed E-state index contributed by atoms with van der Waals surface area (Å²) < 4.78 is 12.6. The summed E-state index contributed by atoms with van der Waals surface area (Å²) in [5.74, 6) is 0.456. The normalized spacial score (nSPS) is 18.9. The van der Waals surface area contributed by atoms with E-state index >= 15 is 0 Å². The molecule has 30 heavy (non-hydrogen) atoms. The van der Waals surface area contributed by atoms with E-state index in [4.69, 9.17) is 9.47 Å². The van der Waals surface area contributed by atoms with Crippen molar-refractivity contribution in [3.05, 3.63) is 30.6 Å². The van der Waals surface area contributed by atoms with Crippen LogP contribution >= 0.6 is 0 Å². The Bertz CT molecular complexity index is 950. The lowest BCUT2D eigenvalue weighted by Crippen LogP contribution is -2.51. The number of fused-ring (bicyclic) bond motifs is 1. The lowest BCUT2D eigenvalue weighted by molar-refractivity contribution is -0.117. The molecule has 1 saturated heterocycles. The van der Waals surface area contributed by atoms with Gasteiger partial charge >= 0.3 is 6.09 Å². The van der Waals surface area contributed by atoms with Gasteiger partial charge in [0, 0.05) is 37.7 Å². The van der Waals surface area contributed by atoms with E-state index in [0.29, 0.717) is 23.8 Å². The third kappa shape index (κ3) is 3.92. The zero-order valence-corrected chi connectivity index (χ0v) is 17.9. The minimum Gasteiger partial charge on any atom is -0.446 e. The van der Waals surface area contributed by atoms with Crippen molar-refractivity contribution in [1.82, 2.24) is 9.78 Å². The van der Waals surface area contributed by atoms with Crippen LogP contribution in [0.5, 0.6) is 0 Å². The van der Waals surface area contributed by atoms with E-state index < -0.39 is 6.09 Å². The van der Waals surface area contributed by atoms with Gasteiger partial charge in [0.2, 0.25) is 5.91 Å². The second-order valence-electron chi connectivity index (χ2n) is 8.34. The van der Waals surface area contributed by atoms with Crippen molar-refractivity contribution in [3.8, 4) is 11.1 Å². The van der Waals surface area contributed by atoms with Crippen LogP contribution in [-0.2, 0) is 20.8 Å². The lowest BCUT2D eigenvalue weighted by Gasteiger charge is -2.40. The number of hydrogen-bond acceptors (Lipinski definition) is 5. The van der Waals surface area contributed by atoms with Gasteiger partial charge < -0.3 is 14.4 Å². The van der Waals surface area contributed by atoms with Gasteiger partial charge in [0.25, 0.3) is 0 Å². The van der Waals surface area contributed by atoms with Gasteiger partial charge in [-0.2, -0.15) is 5.10 Å². The van der Waals surface area contributed by atoms with Gasteiger partial charge in [-0.3, -0.25) is 14.4 Å². The topological polar surface area (TPSA) is 76.9 Å². The first-order chi connectivity index (χ1) is 14.3. The quantitative estimate of drug-likeness (QED) is 0.770. The molecule has 2 aliphatic heterocycles. The fourth-order valence-electron chi connectivity index (χ4n) is 3.99. The number of benzene rings is 1. The predicted octanol–water partition coefficient (Wildman–Crippen LogP) is 3.30. The summed E-state index contributed by atoms with van der Waals surface area (Å²) >= 11 is 0. The van der Waals surface area contributed by atoms with E-state index in [1.807, 2.05) is 56.0 Å². The molecule has 2 amide bonds. The molecule has 1 aromatic heterocycles. The molecule has 0 radical (unpaired) electrons. The molecule has 0 spiro atoms. The molecule has 8 heteroatoms. The average Bonchev–Trinajstić information content (AvgIpc) is 3.11. The Labute approximate surface area is 176 Å². The SMILES string of the molecule is CC(=O)N1c2ccc(-c3cnn(CC4COC4)c3)cc2N(C(=O)OC(C)C)C[C@@H]1C. The number of rotatable bonds is 4. The van der Waals surface area contributed by atoms with Gasteiger partial charge in [-0.15, -0.1) is 0 Å². The average molecular weight is 412 g/mol. The zero-order valence-electron chi connectivity index (χ0n) is 17.9. The largest absolute Gasteiger partial charge is 0.446 e. The number of carbonyl (C=O) groups excluding carboxylic acids is 2. The summed E-state index contributed by atoms with van der Waals surface area (Å²) in [6, 6.07) is 5.65. The number of amides is 2. The van der Waals surface area contributed by atoms with Crippen molar-refractivity contribution in [2.45, 2.75) is 46.4 Å². The van der Waals surface area contributed by atoms with E-state index in [-0.39, 0.29) is 18.1 Å². The Hall–Kier alpha value is -2.87. The van der Waals surface area contributed by atoms with Gasteiger partial charge in [0.1, 0.15) is 0 Å². The first-order valence-electron chi connectivity index (χ1n) is 10.4. The maximum atomic E-state index is 12.8. The monoisotopic (exact) mass is 412 g/mol. The molecule has 0 N–H and O–H groups in total. The highest BCUT2D eigenvalue weighted by Crippen LogP contribution is 2.39. The minimum atomic E-state index is -0.404. The molecular formula is C22H28N4O4. The smallest absolute Gasteiger partial charge is 0.414 e. The molecule has 0 bridgehead atoms. The van der Waals surface area contributed by atoms with Crippen LogP contribution in [-0.4, -0.2) is 53.7 Å². The van der Waals surface area contributed by atoms with E-state index in [0.717, 1.165) is 30.9 Å². The van der Waals surface area contributed by atoms with Crippen molar-refractivity contribution in [2.24, 2.45) is 5.92 Å². The number of ether oxygens (including phenoxy) is 2. The molecule has 4 rings (SSSR count). The van der Waals surface area contributed by atoms with Crippen molar-refractivity contribution in [2.75, 3.05) is 29.6 Å². The Kier molecular flexibility index (Phi) is 5.51. The van der Waals surface area contributed by atoms with Gasteiger partial charge in [-0.05, 0) is 38.5 Å². The molecule has 160 valence electrons. The maximum Gasteiger partial charge on any atom is 0.414 e. The van der Waals surface area contributed by atoms with Crippen LogP contribution < -0.4 is 9.80 Å². The summed E-state index contributed by atoms with van der Waals surface area (Å²) in [7, 11) is 0. The van der Waals surface area contributed by atoms with Crippen LogP contribution in [0.25, 0.3) is 11.1 Å². The number of aromatic nitrogens is 2. The number of anilines is 2. The highest BCUT2D eigenvalue weighted by molar-refractivity contribution is 6.03. The molecule has 2 aliphatic rings. The summed E-state index contributed by atoms with van der Waals surface area (Å²) in [6.45, 7) is 9.89. The molecule has 2 aromatic rings. The Morgan fingerprint density at radius 1 is 1.23 bits per heavy atom. The predicted molar refractivity (Wildman–Crippen MR) is 114 cm³/mol. The first kappa shape index (κ1) is 20.4. The summed E-state index contributed by atoms with van der Waals surface area (Å²) in [6.07, 6.45) is 3.20. The van der Waals surface area contributed by atoms with Crippen LogP contribution in [0.15, 0.2) is 30.6 Å². The van der Waals surface area contributed by atoms with Gasteiger partial charge in [0.05, 0.1) is 42.9 Å².